The number of carbonyl (C=O) groups is 1. The van der Waals surface area contributed by atoms with Crippen molar-refractivity contribution in [1.29, 1.82) is 0 Å². The minimum absolute atomic E-state index is 0.186. The predicted octanol–water partition coefficient (Wildman–Crippen LogP) is 3.62. The molecule has 22 heavy (non-hydrogen) atoms. The van der Waals surface area contributed by atoms with Gasteiger partial charge in [0, 0.05) is 27.7 Å². The third kappa shape index (κ3) is 2.42. The maximum atomic E-state index is 11.3. The van der Waals surface area contributed by atoms with Crippen LogP contribution in [0.5, 0.6) is 0 Å². The standard InChI is InChI=1S/C15H15N3O2S2/c1-8-12(15(19)20)13(16)9(2)18(8)5-11-7-22-14(17-11)10-3-4-21-6-10/h3-4,6-7H,5,16H2,1-2H3,(H,19,20). The number of hydrogen-bond acceptors (Lipinski definition) is 5. The molecule has 3 aromatic heterocycles. The number of thiophene rings is 1. The lowest BCUT2D eigenvalue weighted by molar-refractivity contribution is 0.0697. The second kappa shape index (κ2) is 5.58. The molecule has 0 amide bonds. The van der Waals surface area contributed by atoms with Crippen molar-refractivity contribution >= 4 is 34.3 Å². The molecule has 5 nitrogen and oxygen atoms in total. The average Bonchev–Trinajstić information content (AvgIpc) is 3.17. The van der Waals surface area contributed by atoms with E-state index in [1.165, 1.54) is 0 Å². The lowest BCUT2D eigenvalue weighted by atomic mass is 10.2. The molecule has 3 heterocycles. The maximum Gasteiger partial charge on any atom is 0.339 e. The number of aromatic nitrogens is 2. The summed E-state index contributed by atoms with van der Waals surface area (Å²) in [5.74, 6) is -0.992. The van der Waals surface area contributed by atoms with Gasteiger partial charge < -0.3 is 15.4 Å². The summed E-state index contributed by atoms with van der Waals surface area (Å²) in [5, 5.41) is 16.3. The van der Waals surface area contributed by atoms with Crippen LogP contribution in [0.25, 0.3) is 10.6 Å². The van der Waals surface area contributed by atoms with Crippen LogP contribution in [0.2, 0.25) is 0 Å². The third-order valence-electron chi connectivity index (χ3n) is 3.68. The molecule has 0 aliphatic carbocycles. The van der Waals surface area contributed by atoms with E-state index in [1.54, 1.807) is 29.6 Å². The lowest BCUT2D eigenvalue weighted by Crippen LogP contribution is -2.06. The van der Waals surface area contributed by atoms with Crippen LogP contribution < -0.4 is 5.73 Å². The highest BCUT2D eigenvalue weighted by molar-refractivity contribution is 7.14. The Kier molecular flexibility index (Phi) is 3.76. The molecular formula is C15H15N3O2S2. The Balaban J connectivity index is 1.94. The maximum absolute atomic E-state index is 11.3. The smallest absolute Gasteiger partial charge is 0.339 e. The lowest BCUT2D eigenvalue weighted by Gasteiger charge is -2.07. The van der Waals surface area contributed by atoms with Crippen molar-refractivity contribution in [2.75, 3.05) is 5.73 Å². The van der Waals surface area contributed by atoms with Gasteiger partial charge >= 0.3 is 5.97 Å². The predicted molar refractivity (Wildman–Crippen MR) is 89.8 cm³/mol. The van der Waals surface area contributed by atoms with Gasteiger partial charge in [-0.1, -0.05) is 0 Å². The van der Waals surface area contributed by atoms with E-state index in [0.717, 1.165) is 22.0 Å². The van der Waals surface area contributed by atoms with Crippen LogP contribution in [0, 0.1) is 13.8 Å². The summed E-state index contributed by atoms with van der Waals surface area (Å²) in [4.78, 5) is 15.9. The van der Waals surface area contributed by atoms with Crippen LogP contribution in [-0.2, 0) is 6.54 Å². The molecule has 0 saturated heterocycles. The van der Waals surface area contributed by atoms with Crippen LogP contribution in [0.15, 0.2) is 22.2 Å². The van der Waals surface area contributed by atoms with Gasteiger partial charge in [0.2, 0.25) is 0 Å². The van der Waals surface area contributed by atoms with Gasteiger partial charge in [-0.05, 0) is 25.3 Å². The Morgan fingerprint density at radius 2 is 2.14 bits per heavy atom. The summed E-state index contributed by atoms with van der Waals surface area (Å²) in [6, 6.07) is 2.04. The topological polar surface area (TPSA) is 81.1 Å². The van der Waals surface area contributed by atoms with Gasteiger partial charge in [0.05, 0.1) is 17.9 Å². The van der Waals surface area contributed by atoms with Crippen LogP contribution in [0.3, 0.4) is 0 Å². The number of hydrogen-bond donors (Lipinski definition) is 2. The second-order valence-electron chi connectivity index (χ2n) is 5.01. The van der Waals surface area contributed by atoms with E-state index in [2.05, 4.69) is 10.4 Å². The molecular weight excluding hydrogens is 318 g/mol. The van der Waals surface area contributed by atoms with Crippen molar-refractivity contribution < 1.29 is 9.90 Å². The number of thiazole rings is 1. The quantitative estimate of drug-likeness (QED) is 0.764. The molecule has 3 aromatic rings. The first kappa shape index (κ1) is 14.8. The molecule has 0 fully saturated rings. The summed E-state index contributed by atoms with van der Waals surface area (Å²) in [5.41, 5.74) is 9.89. The molecule has 3 rings (SSSR count). The largest absolute Gasteiger partial charge is 0.478 e. The Labute approximate surface area is 135 Å². The van der Waals surface area contributed by atoms with E-state index >= 15 is 0 Å². The van der Waals surface area contributed by atoms with Crippen LogP contribution in [0.4, 0.5) is 5.69 Å². The van der Waals surface area contributed by atoms with Gasteiger partial charge in [0.25, 0.3) is 0 Å². The summed E-state index contributed by atoms with van der Waals surface area (Å²) >= 11 is 3.23. The van der Waals surface area contributed by atoms with Crippen molar-refractivity contribution in [1.82, 2.24) is 9.55 Å². The fourth-order valence-electron chi connectivity index (χ4n) is 2.48. The summed E-state index contributed by atoms with van der Waals surface area (Å²) < 4.78 is 1.91. The number of carboxylic acids is 1. The zero-order valence-corrected chi connectivity index (χ0v) is 13.8. The molecule has 0 unspecified atom stereocenters. The van der Waals surface area contributed by atoms with E-state index in [9.17, 15) is 9.90 Å². The first-order valence-corrected chi connectivity index (χ1v) is 8.46. The fourth-order valence-corrected chi connectivity index (χ4v) is 4.00. The van der Waals surface area contributed by atoms with Crippen molar-refractivity contribution in [2.24, 2.45) is 0 Å². The first-order valence-electron chi connectivity index (χ1n) is 6.64. The van der Waals surface area contributed by atoms with E-state index in [1.807, 2.05) is 28.3 Å². The van der Waals surface area contributed by atoms with Crippen molar-refractivity contribution in [3.63, 3.8) is 0 Å². The zero-order chi connectivity index (χ0) is 15.9. The van der Waals surface area contributed by atoms with Crippen molar-refractivity contribution in [2.45, 2.75) is 20.4 Å². The highest BCUT2D eigenvalue weighted by Crippen LogP contribution is 2.28. The van der Waals surface area contributed by atoms with Crippen LogP contribution >= 0.6 is 22.7 Å². The SMILES string of the molecule is Cc1c(N)c(C(=O)O)c(C)n1Cc1csc(-c2ccsc2)n1. The number of nitrogens with zero attached hydrogens (tertiary/aromatic N) is 2. The minimum atomic E-state index is -0.992. The van der Waals surface area contributed by atoms with Gasteiger partial charge in [-0.25, -0.2) is 9.78 Å². The Hall–Kier alpha value is -2.12. The molecule has 0 aliphatic rings. The molecule has 0 spiro atoms. The van der Waals surface area contributed by atoms with Gasteiger partial charge in [0.1, 0.15) is 10.6 Å². The number of nitrogen functional groups attached to an aromatic ring is 1. The molecule has 0 aromatic carbocycles. The van der Waals surface area contributed by atoms with Gasteiger partial charge in [0.15, 0.2) is 0 Å². The highest BCUT2D eigenvalue weighted by atomic mass is 32.1. The Morgan fingerprint density at radius 1 is 1.36 bits per heavy atom. The van der Waals surface area contributed by atoms with Crippen molar-refractivity contribution in [3.8, 4) is 10.6 Å². The van der Waals surface area contributed by atoms with E-state index in [-0.39, 0.29) is 5.56 Å². The number of aromatic carboxylic acids is 1. The molecule has 114 valence electrons. The Bertz CT molecular complexity index is 831. The number of anilines is 1. The Morgan fingerprint density at radius 3 is 2.73 bits per heavy atom. The fraction of sp³-hybridized carbons (Fsp3) is 0.200. The molecule has 0 atom stereocenters. The molecule has 0 saturated carbocycles. The minimum Gasteiger partial charge on any atom is -0.478 e. The van der Waals surface area contributed by atoms with Gasteiger partial charge in [-0.3, -0.25) is 0 Å². The summed E-state index contributed by atoms with van der Waals surface area (Å²) in [6.07, 6.45) is 0. The summed E-state index contributed by atoms with van der Waals surface area (Å²) in [7, 11) is 0. The molecule has 0 bridgehead atoms. The average molecular weight is 333 g/mol. The second-order valence-corrected chi connectivity index (χ2v) is 6.64. The normalized spacial score (nSPS) is 11.0. The van der Waals surface area contributed by atoms with Crippen LogP contribution in [0.1, 0.15) is 27.4 Å². The number of rotatable bonds is 4. The number of nitrogens with two attached hydrogens (primary N) is 1. The molecule has 7 heteroatoms. The van der Waals surface area contributed by atoms with Gasteiger partial charge in [-0.2, -0.15) is 11.3 Å². The molecule has 0 radical (unpaired) electrons. The number of carboxylic acid groups (broad SMARTS) is 1. The first-order chi connectivity index (χ1) is 10.5. The van der Waals surface area contributed by atoms with E-state index < -0.39 is 5.97 Å². The monoisotopic (exact) mass is 333 g/mol. The van der Waals surface area contributed by atoms with Gasteiger partial charge in [-0.15, -0.1) is 11.3 Å². The van der Waals surface area contributed by atoms with E-state index in [0.29, 0.717) is 17.9 Å². The molecule has 3 N–H and O–H groups in total. The zero-order valence-electron chi connectivity index (χ0n) is 12.2. The third-order valence-corrected chi connectivity index (χ3v) is 5.31. The van der Waals surface area contributed by atoms with E-state index in [4.69, 9.17) is 5.73 Å². The van der Waals surface area contributed by atoms with Crippen molar-refractivity contribution in [3.05, 3.63) is 44.9 Å². The highest BCUT2D eigenvalue weighted by Gasteiger charge is 2.21. The summed E-state index contributed by atoms with van der Waals surface area (Å²) in [6.45, 7) is 4.13. The molecule has 0 aliphatic heterocycles. The van der Waals surface area contributed by atoms with Crippen LogP contribution in [-0.4, -0.2) is 20.6 Å².